The molecular weight excluding hydrogens is 174 g/mol. The molecule has 0 unspecified atom stereocenters. The van der Waals surface area contributed by atoms with Gasteiger partial charge in [-0.3, -0.25) is 9.69 Å². The Labute approximate surface area is 77.0 Å². The van der Waals surface area contributed by atoms with Crippen LogP contribution in [0.3, 0.4) is 0 Å². The number of rotatable bonds is 4. The molecule has 0 aromatic heterocycles. The predicted molar refractivity (Wildman–Crippen MR) is 44.0 cm³/mol. The third-order valence-corrected chi connectivity index (χ3v) is 1.59. The van der Waals surface area contributed by atoms with Crippen molar-refractivity contribution in [3.8, 4) is 0 Å². The van der Waals surface area contributed by atoms with E-state index in [9.17, 15) is 14.7 Å². The van der Waals surface area contributed by atoms with Crippen LogP contribution in [0.25, 0.3) is 0 Å². The fourth-order valence-electron chi connectivity index (χ4n) is 0.849. The molecule has 0 aromatic carbocycles. The molecule has 0 aliphatic heterocycles. The Morgan fingerprint density at radius 2 is 1.77 bits per heavy atom. The van der Waals surface area contributed by atoms with Gasteiger partial charge in [-0.1, -0.05) is 0 Å². The van der Waals surface area contributed by atoms with Crippen molar-refractivity contribution in [1.29, 1.82) is 0 Å². The van der Waals surface area contributed by atoms with Gasteiger partial charge in [-0.15, -0.1) is 0 Å². The molecule has 0 bridgehead atoms. The van der Waals surface area contributed by atoms with Crippen LogP contribution in [0.5, 0.6) is 0 Å². The van der Waals surface area contributed by atoms with E-state index in [0.717, 1.165) is 0 Å². The Kier molecular flexibility index (Phi) is 3.87. The lowest BCUT2D eigenvalue weighted by Crippen LogP contribution is -2.49. The first kappa shape index (κ1) is 11.9. The summed E-state index contributed by atoms with van der Waals surface area (Å²) in [6.45, 7) is 4.59. The van der Waals surface area contributed by atoms with Crippen molar-refractivity contribution in [2.45, 2.75) is 26.3 Å². The molecule has 0 spiro atoms. The van der Waals surface area contributed by atoms with E-state index in [0.29, 0.717) is 0 Å². The molecule has 0 saturated carbocycles. The van der Waals surface area contributed by atoms with Gasteiger partial charge in [-0.25, -0.2) is 0 Å². The first-order chi connectivity index (χ1) is 5.73. The molecule has 0 saturated heterocycles. The van der Waals surface area contributed by atoms with Gasteiger partial charge in [0, 0.05) is 12.1 Å². The second kappa shape index (κ2) is 4.23. The molecule has 76 valence electrons. The van der Waals surface area contributed by atoms with Gasteiger partial charge in [0.1, 0.15) is 0 Å². The average molecular weight is 188 g/mol. The summed E-state index contributed by atoms with van der Waals surface area (Å²) in [7, 11) is 0. The van der Waals surface area contributed by atoms with E-state index in [1.54, 1.807) is 20.8 Å². The molecule has 0 radical (unpaired) electrons. The minimum Gasteiger partial charge on any atom is -0.549 e. The SMILES string of the molecule is CC(C)(C)N(CC(=O)[O-])CC(=O)O. The van der Waals surface area contributed by atoms with Crippen LogP contribution < -0.4 is 5.11 Å². The highest BCUT2D eigenvalue weighted by atomic mass is 16.4. The molecule has 0 amide bonds. The molecule has 0 atom stereocenters. The van der Waals surface area contributed by atoms with Gasteiger partial charge in [0.15, 0.2) is 0 Å². The molecule has 1 N–H and O–H groups in total. The van der Waals surface area contributed by atoms with Crippen LogP contribution >= 0.6 is 0 Å². The largest absolute Gasteiger partial charge is 0.549 e. The Morgan fingerprint density at radius 3 is 2.00 bits per heavy atom. The lowest BCUT2D eigenvalue weighted by Gasteiger charge is -2.34. The third kappa shape index (κ3) is 5.19. The lowest BCUT2D eigenvalue weighted by molar-refractivity contribution is -0.307. The quantitative estimate of drug-likeness (QED) is 0.607. The van der Waals surface area contributed by atoms with Crippen LogP contribution in [0.2, 0.25) is 0 Å². The van der Waals surface area contributed by atoms with Crippen LogP contribution in [0.15, 0.2) is 0 Å². The van der Waals surface area contributed by atoms with Gasteiger partial charge in [0.25, 0.3) is 0 Å². The Morgan fingerprint density at radius 1 is 1.31 bits per heavy atom. The summed E-state index contributed by atoms with van der Waals surface area (Å²) in [4.78, 5) is 22.0. The molecule has 0 aromatic rings. The smallest absolute Gasteiger partial charge is 0.317 e. The van der Waals surface area contributed by atoms with Crippen molar-refractivity contribution in [3.05, 3.63) is 0 Å². The van der Waals surface area contributed by atoms with Crippen LogP contribution in [0.4, 0.5) is 0 Å². The predicted octanol–water partition coefficient (Wildman–Crippen LogP) is -1.08. The van der Waals surface area contributed by atoms with Gasteiger partial charge in [0.2, 0.25) is 0 Å². The molecule has 5 nitrogen and oxygen atoms in total. The van der Waals surface area contributed by atoms with Crippen molar-refractivity contribution in [1.82, 2.24) is 4.90 Å². The first-order valence-electron chi connectivity index (χ1n) is 3.90. The maximum Gasteiger partial charge on any atom is 0.317 e. The second-order valence-electron chi connectivity index (χ2n) is 3.79. The van der Waals surface area contributed by atoms with Gasteiger partial charge in [-0.2, -0.15) is 0 Å². The fourth-order valence-corrected chi connectivity index (χ4v) is 0.849. The zero-order valence-electron chi connectivity index (χ0n) is 8.03. The van der Waals surface area contributed by atoms with Crippen molar-refractivity contribution < 1.29 is 19.8 Å². The zero-order chi connectivity index (χ0) is 10.6. The summed E-state index contributed by atoms with van der Waals surface area (Å²) < 4.78 is 0. The Balaban J connectivity index is 4.37. The number of carbonyl (C=O) groups excluding carboxylic acids is 1. The number of carbonyl (C=O) groups is 2. The molecule has 0 aliphatic carbocycles. The van der Waals surface area contributed by atoms with Crippen molar-refractivity contribution in [2.24, 2.45) is 0 Å². The number of hydrogen-bond donors (Lipinski definition) is 1. The summed E-state index contributed by atoms with van der Waals surface area (Å²) in [5.74, 6) is -2.31. The van der Waals surface area contributed by atoms with Crippen LogP contribution in [-0.2, 0) is 9.59 Å². The molecule has 0 rings (SSSR count). The van der Waals surface area contributed by atoms with Gasteiger partial charge < -0.3 is 15.0 Å². The molecule has 5 heteroatoms. The van der Waals surface area contributed by atoms with E-state index in [1.807, 2.05) is 0 Å². The van der Waals surface area contributed by atoms with Gasteiger partial charge >= 0.3 is 5.97 Å². The highest BCUT2D eigenvalue weighted by molar-refractivity contribution is 5.71. The molecular formula is C8H14NO4-. The Hall–Kier alpha value is -1.10. The van der Waals surface area contributed by atoms with E-state index in [1.165, 1.54) is 4.90 Å². The topological polar surface area (TPSA) is 80.7 Å². The minimum absolute atomic E-state index is 0.294. The number of aliphatic carboxylic acids is 2. The fraction of sp³-hybridized carbons (Fsp3) is 0.750. The zero-order valence-corrected chi connectivity index (χ0v) is 8.03. The van der Waals surface area contributed by atoms with E-state index in [4.69, 9.17) is 5.11 Å². The minimum atomic E-state index is -1.27. The molecule has 0 aliphatic rings. The number of carboxylic acids is 2. The highest BCUT2D eigenvalue weighted by Gasteiger charge is 2.23. The third-order valence-electron chi connectivity index (χ3n) is 1.59. The van der Waals surface area contributed by atoms with Gasteiger partial charge in [-0.05, 0) is 20.8 Å². The van der Waals surface area contributed by atoms with E-state index in [-0.39, 0.29) is 13.1 Å². The number of nitrogens with zero attached hydrogens (tertiary/aromatic N) is 1. The van der Waals surface area contributed by atoms with E-state index in [2.05, 4.69) is 0 Å². The summed E-state index contributed by atoms with van der Waals surface area (Å²) in [6, 6.07) is 0. The van der Waals surface area contributed by atoms with Gasteiger partial charge in [0.05, 0.1) is 12.5 Å². The summed E-state index contributed by atoms with van der Waals surface area (Å²) in [5, 5.41) is 18.8. The van der Waals surface area contributed by atoms with E-state index < -0.39 is 17.5 Å². The maximum absolute atomic E-state index is 10.4. The van der Waals surface area contributed by atoms with Crippen LogP contribution in [0, 0.1) is 0 Å². The Bertz CT molecular complexity index is 191. The average Bonchev–Trinajstić information content (AvgIpc) is 1.81. The number of hydrogen-bond acceptors (Lipinski definition) is 4. The summed E-state index contributed by atoms with van der Waals surface area (Å²) in [5.41, 5.74) is -0.488. The summed E-state index contributed by atoms with van der Waals surface area (Å²) >= 11 is 0. The monoisotopic (exact) mass is 188 g/mol. The standard InChI is InChI=1S/C8H15NO4/c1-8(2,3)9(4-6(10)11)5-7(12)13/h4-5H2,1-3H3,(H,10,11)(H,12,13)/p-1. The normalized spacial score (nSPS) is 11.7. The van der Waals surface area contributed by atoms with Crippen LogP contribution in [-0.4, -0.2) is 40.6 Å². The number of carboxylic acid groups (broad SMARTS) is 2. The second-order valence-corrected chi connectivity index (χ2v) is 3.79. The van der Waals surface area contributed by atoms with Crippen molar-refractivity contribution >= 4 is 11.9 Å². The van der Waals surface area contributed by atoms with Crippen molar-refractivity contribution in [2.75, 3.05) is 13.1 Å². The molecule has 0 fully saturated rings. The summed E-state index contributed by atoms with van der Waals surface area (Å²) in [6.07, 6.45) is 0. The molecule has 13 heavy (non-hydrogen) atoms. The molecule has 0 heterocycles. The van der Waals surface area contributed by atoms with Crippen molar-refractivity contribution in [3.63, 3.8) is 0 Å². The highest BCUT2D eigenvalue weighted by Crippen LogP contribution is 2.11. The lowest BCUT2D eigenvalue weighted by atomic mass is 10.1. The van der Waals surface area contributed by atoms with E-state index >= 15 is 0 Å². The van der Waals surface area contributed by atoms with Crippen LogP contribution in [0.1, 0.15) is 20.8 Å². The maximum atomic E-state index is 10.4. The first-order valence-corrected chi connectivity index (χ1v) is 3.90.